The Balaban J connectivity index is 3.16. The van der Waals surface area contributed by atoms with Gasteiger partial charge in [-0.2, -0.15) is 4.83 Å². The van der Waals surface area contributed by atoms with Crippen LogP contribution < -0.4 is 10.3 Å². The molecule has 50 valence electrons. The third-order valence-corrected chi connectivity index (χ3v) is 5.44. The van der Waals surface area contributed by atoms with E-state index in [1.54, 1.807) is 0 Å². The first kappa shape index (κ1) is 7.83. The summed E-state index contributed by atoms with van der Waals surface area (Å²) in [5.74, 6) is 0. The maximum atomic E-state index is 4.90. The number of rotatable bonds is 0. The van der Waals surface area contributed by atoms with E-state index in [0.29, 0.717) is 9.19 Å². The Morgan fingerprint density at radius 3 is 1.89 bits per heavy atom. The zero-order valence-electron chi connectivity index (χ0n) is 4.04. The van der Waals surface area contributed by atoms with Gasteiger partial charge in [-0.1, -0.05) is 24.4 Å². The summed E-state index contributed by atoms with van der Waals surface area (Å²) < 4.78 is 0.502. The van der Waals surface area contributed by atoms with Crippen LogP contribution in [0.5, 0.6) is 0 Å². The molecule has 1 fully saturated rings. The molecule has 2 N–H and O–H groups in total. The topological polar surface area (TPSA) is 24.1 Å². The highest BCUT2D eigenvalue weighted by molar-refractivity contribution is 8.66. The van der Waals surface area contributed by atoms with E-state index in [1.165, 1.54) is 0 Å². The second-order valence-electron chi connectivity index (χ2n) is 1.35. The summed E-state index contributed by atoms with van der Waals surface area (Å²) in [6.45, 7) is 0. The maximum Gasteiger partial charge on any atom is 0.140 e. The number of thiocarbonyl (C=S) groups is 2. The minimum absolute atomic E-state index is 0.477. The lowest BCUT2D eigenvalue weighted by Gasteiger charge is -1.93. The van der Waals surface area contributed by atoms with Crippen LogP contribution in [0.4, 0.5) is 0 Å². The first-order chi connectivity index (χ1) is 4.04. The van der Waals surface area contributed by atoms with E-state index in [9.17, 15) is 0 Å². The lowest BCUT2D eigenvalue weighted by molar-refractivity contribution is 0.965. The zero-order valence-corrected chi connectivity index (χ0v) is 8.12. The highest BCUT2D eigenvalue weighted by Gasteiger charge is 2.20. The summed E-state index contributed by atoms with van der Waals surface area (Å²) in [6, 6.07) is 0. The van der Waals surface area contributed by atoms with Crippen LogP contribution in [0.2, 0.25) is 0 Å². The van der Waals surface area contributed by atoms with Crippen LogP contribution in [0.1, 0.15) is 0 Å². The monoisotopic (exact) mass is 214 g/mol. The first-order valence-electron chi connectivity index (χ1n) is 1.90. The van der Waals surface area contributed by atoms with Crippen molar-refractivity contribution < 1.29 is 0 Å². The highest BCUT2D eigenvalue weighted by Crippen LogP contribution is 1.99. The van der Waals surface area contributed by atoms with E-state index in [4.69, 9.17) is 46.8 Å². The molecule has 0 amide bonds. The Morgan fingerprint density at radius 2 is 1.78 bits per heavy atom. The molecule has 0 atom stereocenters. The molecular formula is C2H2N2S5. The molecule has 1 saturated heterocycles. The average molecular weight is 214 g/mol. The van der Waals surface area contributed by atoms with Gasteiger partial charge in [0.1, 0.15) is 9.19 Å². The summed E-state index contributed by atoms with van der Waals surface area (Å²) in [4.78, 5) is 3.15. The van der Waals surface area contributed by atoms with Gasteiger partial charge >= 0.3 is 0 Å². The van der Waals surface area contributed by atoms with Gasteiger partial charge in [0.25, 0.3) is 0 Å². The molecule has 0 aromatic rings. The smallest absolute Gasteiger partial charge is 0.140 e. The molecule has 2 nitrogen and oxygen atoms in total. The molecule has 0 spiro atoms. The van der Waals surface area contributed by atoms with Crippen LogP contribution in [-0.4, -0.2) is 9.19 Å². The second kappa shape index (κ2) is 2.40. The maximum absolute atomic E-state index is 4.90. The van der Waals surface area contributed by atoms with Crippen molar-refractivity contribution >= 4 is 63.3 Å². The largest absolute Gasteiger partial charge is 0.300 e. The van der Waals surface area contributed by atoms with Gasteiger partial charge in [-0.25, -0.2) is 0 Å². The van der Waals surface area contributed by atoms with Gasteiger partial charge < -0.3 is 0 Å². The quantitative estimate of drug-likeness (QED) is 0.539. The van der Waals surface area contributed by atoms with Gasteiger partial charge in [0.2, 0.25) is 0 Å². The molecule has 0 bridgehead atoms. The molecule has 0 aliphatic carbocycles. The fourth-order valence-electron chi connectivity index (χ4n) is 0.333. The third-order valence-electron chi connectivity index (χ3n) is 0.728. The summed E-state index contributed by atoms with van der Waals surface area (Å²) >= 11 is 19.4. The normalized spacial score (nSPS) is 24.0. The molecule has 1 heterocycles. The van der Waals surface area contributed by atoms with Crippen molar-refractivity contribution in [2.24, 2.45) is 0 Å². The molecule has 0 aromatic carbocycles. The van der Waals surface area contributed by atoms with Gasteiger partial charge in [-0.15, -0.1) is 0 Å². The Hall–Kier alpha value is 0.730. The molecule has 1 aliphatic heterocycles. The Bertz CT molecular complexity index is 261. The Kier molecular flexibility index (Phi) is 2.09. The van der Waals surface area contributed by atoms with Crippen LogP contribution in [0.25, 0.3) is 0 Å². The molecule has 0 saturated carbocycles. The van der Waals surface area contributed by atoms with Crippen molar-refractivity contribution in [1.82, 2.24) is 10.3 Å². The molecule has 1 aliphatic rings. The Labute approximate surface area is 73.3 Å². The minimum atomic E-state index is -1.78. The second-order valence-corrected chi connectivity index (χ2v) is 7.67. The molecule has 1 rings (SSSR count). The SMILES string of the molecule is S=C1NNS(=S)(=S)C1=S. The van der Waals surface area contributed by atoms with Crippen LogP contribution >= 0.6 is 24.4 Å². The summed E-state index contributed by atoms with van der Waals surface area (Å²) in [7, 11) is -1.78. The van der Waals surface area contributed by atoms with Crippen molar-refractivity contribution in [1.29, 1.82) is 0 Å². The molecule has 0 aromatic heterocycles. The van der Waals surface area contributed by atoms with Crippen molar-refractivity contribution in [3.05, 3.63) is 0 Å². The number of hydrogen-bond acceptors (Lipinski definition) is 4. The van der Waals surface area contributed by atoms with Crippen LogP contribution in [0, 0.1) is 0 Å². The molecule has 9 heavy (non-hydrogen) atoms. The van der Waals surface area contributed by atoms with Crippen molar-refractivity contribution in [3.8, 4) is 0 Å². The molecule has 7 heteroatoms. The van der Waals surface area contributed by atoms with Crippen LogP contribution in [0.3, 0.4) is 0 Å². The van der Waals surface area contributed by atoms with Crippen molar-refractivity contribution in [2.75, 3.05) is 0 Å². The predicted octanol–water partition coefficient (Wildman–Crippen LogP) is -0.258. The summed E-state index contributed by atoms with van der Waals surface area (Å²) in [5, 5.41) is 0. The van der Waals surface area contributed by atoms with E-state index in [2.05, 4.69) is 10.3 Å². The number of nitrogens with one attached hydrogen (secondary N) is 2. The fraction of sp³-hybridized carbons (Fsp3) is 0. The van der Waals surface area contributed by atoms with Crippen molar-refractivity contribution in [2.45, 2.75) is 0 Å². The number of hydrogen-bond donors (Lipinski definition) is 2. The highest BCUT2D eigenvalue weighted by atomic mass is 33.1. The van der Waals surface area contributed by atoms with Gasteiger partial charge in [-0.3, -0.25) is 5.43 Å². The lowest BCUT2D eigenvalue weighted by Crippen LogP contribution is -2.26. The molecule has 0 radical (unpaired) electrons. The lowest BCUT2D eigenvalue weighted by atomic mass is 10.8. The fourth-order valence-corrected chi connectivity index (χ4v) is 2.69. The number of hydrazine groups is 1. The zero-order chi connectivity index (χ0) is 7.07. The van der Waals surface area contributed by atoms with E-state index in [1.807, 2.05) is 0 Å². The minimum Gasteiger partial charge on any atom is -0.300 e. The van der Waals surface area contributed by atoms with Crippen molar-refractivity contribution in [3.63, 3.8) is 0 Å². The van der Waals surface area contributed by atoms with E-state index in [0.717, 1.165) is 0 Å². The molecular weight excluding hydrogens is 212 g/mol. The third kappa shape index (κ3) is 1.41. The summed E-state index contributed by atoms with van der Waals surface area (Å²) in [6.07, 6.45) is 0. The molecule has 0 unspecified atom stereocenters. The first-order valence-corrected chi connectivity index (χ1v) is 6.20. The van der Waals surface area contributed by atoms with E-state index >= 15 is 0 Å². The average Bonchev–Trinajstić information content (AvgIpc) is 1.97. The van der Waals surface area contributed by atoms with Gasteiger partial charge in [0, 0.05) is 7.33 Å². The van der Waals surface area contributed by atoms with E-state index in [-0.39, 0.29) is 0 Å². The van der Waals surface area contributed by atoms with Gasteiger partial charge in [0.05, 0.1) is 0 Å². The Morgan fingerprint density at radius 1 is 1.22 bits per heavy atom. The van der Waals surface area contributed by atoms with Gasteiger partial charge in [-0.05, 0) is 22.4 Å². The van der Waals surface area contributed by atoms with Crippen LogP contribution in [-0.2, 0) is 29.7 Å². The standard InChI is InChI=1S/C2H2N2S5/c5-1-2(6)9(7,8)4-3-1/h4H,(H,3,5). The van der Waals surface area contributed by atoms with Crippen LogP contribution in [0.15, 0.2) is 0 Å². The van der Waals surface area contributed by atoms with E-state index < -0.39 is 7.33 Å². The summed E-state index contributed by atoms with van der Waals surface area (Å²) in [5.41, 5.74) is 2.63. The predicted molar refractivity (Wildman–Crippen MR) is 53.6 cm³/mol. The van der Waals surface area contributed by atoms with Gasteiger partial charge in [0.15, 0.2) is 0 Å².